The molecule has 2 saturated heterocycles. The molecule has 6 rings (SSSR count). The number of rotatable bonds is 4. The lowest BCUT2D eigenvalue weighted by Crippen LogP contribution is -2.33. The number of hydrogen-bond donors (Lipinski definition) is 0. The molecule has 0 aliphatic carbocycles. The Morgan fingerprint density at radius 1 is 1.11 bits per heavy atom. The van der Waals surface area contributed by atoms with Gasteiger partial charge in [-0.1, -0.05) is 36.1 Å². The van der Waals surface area contributed by atoms with Crippen LogP contribution < -0.4 is 19.9 Å². The molecule has 0 N–H and O–H groups in total. The molecule has 184 valence electrons. The Balaban J connectivity index is 1.38. The van der Waals surface area contributed by atoms with E-state index in [-0.39, 0.29) is 18.3 Å². The number of benzene rings is 1. The van der Waals surface area contributed by atoms with Gasteiger partial charge in [0.1, 0.15) is 15.8 Å². The quantitative estimate of drug-likeness (QED) is 0.376. The summed E-state index contributed by atoms with van der Waals surface area (Å²) in [4.78, 5) is 36.1. The van der Waals surface area contributed by atoms with E-state index in [0.29, 0.717) is 44.3 Å². The molecule has 8 nitrogen and oxygen atoms in total. The number of amides is 1. The van der Waals surface area contributed by atoms with Crippen LogP contribution in [0.5, 0.6) is 11.5 Å². The fraction of sp³-hybridized carbons (Fsp3) is 0.308. The van der Waals surface area contributed by atoms with Gasteiger partial charge in [0, 0.05) is 19.3 Å². The number of fused-ring (bicyclic) bond motifs is 2. The molecule has 2 aromatic heterocycles. The Kier molecular flexibility index (Phi) is 5.93. The minimum atomic E-state index is -0.221. The Hall–Kier alpha value is -3.37. The number of aryl methyl sites for hydroxylation is 1. The van der Waals surface area contributed by atoms with Crippen LogP contribution >= 0.6 is 24.0 Å². The Labute approximate surface area is 217 Å². The fourth-order valence-corrected chi connectivity index (χ4v) is 6.00. The van der Waals surface area contributed by atoms with E-state index in [4.69, 9.17) is 26.7 Å². The second-order valence-corrected chi connectivity index (χ2v) is 10.7. The summed E-state index contributed by atoms with van der Waals surface area (Å²) in [5.74, 6) is 1.76. The SMILES string of the molecule is Cc1cccn2c(=O)c(/C=C3\SC(=S)N(Cc4ccc5c(c4)OCO5)C3=O)c(N3CCCCC3)nc12. The maximum atomic E-state index is 13.7. The minimum absolute atomic E-state index is 0.190. The topological polar surface area (TPSA) is 76.4 Å². The van der Waals surface area contributed by atoms with Crippen molar-refractivity contribution in [1.29, 1.82) is 0 Å². The lowest BCUT2D eigenvalue weighted by molar-refractivity contribution is -0.122. The fourth-order valence-electron chi connectivity index (χ4n) is 4.76. The molecule has 1 aromatic carbocycles. The van der Waals surface area contributed by atoms with Gasteiger partial charge in [0.05, 0.1) is 17.0 Å². The molecule has 0 radical (unpaired) electrons. The van der Waals surface area contributed by atoms with Gasteiger partial charge in [-0.3, -0.25) is 18.9 Å². The van der Waals surface area contributed by atoms with Crippen LogP contribution in [0, 0.1) is 6.92 Å². The maximum Gasteiger partial charge on any atom is 0.267 e. The van der Waals surface area contributed by atoms with E-state index in [2.05, 4.69) is 4.90 Å². The van der Waals surface area contributed by atoms with E-state index in [1.165, 1.54) is 11.8 Å². The molecule has 3 aliphatic heterocycles. The Bertz CT molecular complexity index is 1490. The van der Waals surface area contributed by atoms with Gasteiger partial charge in [0.25, 0.3) is 11.5 Å². The summed E-state index contributed by atoms with van der Waals surface area (Å²) in [6, 6.07) is 9.37. The molecule has 0 spiro atoms. The van der Waals surface area contributed by atoms with Gasteiger partial charge >= 0.3 is 0 Å². The van der Waals surface area contributed by atoms with Crippen molar-refractivity contribution in [3.8, 4) is 11.5 Å². The van der Waals surface area contributed by atoms with Gasteiger partial charge < -0.3 is 14.4 Å². The zero-order valence-corrected chi connectivity index (χ0v) is 21.4. The summed E-state index contributed by atoms with van der Waals surface area (Å²) in [7, 11) is 0. The summed E-state index contributed by atoms with van der Waals surface area (Å²) < 4.78 is 12.8. The van der Waals surface area contributed by atoms with Gasteiger partial charge in [-0.15, -0.1) is 0 Å². The summed E-state index contributed by atoms with van der Waals surface area (Å²) in [6.45, 7) is 4.12. The summed E-state index contributed by atoms with van der Waals surface area (Å²) in [6.07, 6.45) is 6.65. The van der Waals surface area contributed by atoms with Gasteiger partial charge in [-0.25, -0.2) is 4.98 Å². The molecule has 0 bridgehead atoms. The van der Waals surface area contributed by atoms with Gasteiger partial charge in [-0.2, -0.15) is 0 Å². The van der Waals surface area contributed by atoms with Crippen molar-refractivity contribution in [1.82, 2.24) is 14.3 Å². The number of pyridine rings is 1. The average Bonchev–Trinajstić information content (AvgIpc) is 3.46. The van der Waals surface area contributed by atoms with Crippen LogP contribution in [0.15, 0.2) is 46.2 Å². The highest BCUT2D eigenvalue weighted by atomic mass is 32.2. The predicted octanol–water partition coefficient (Wildman–Crippen LogP) is 4.12. The first-order chi connectivity index (χ1) is 17.5. The number of ether oxygens (including phenoxy) is 2. The monoisotopic (exact) mass is 520 g/mol. The van der Waals surface area contributed by atoms with E-state index in [1.54, 1.807) is 21.6 Å². The van der Waals surface area contributed by atoms with Crippen LogP contribution in [0.25, 0.3) is 11.7 Å². The standard InChI is InChI=1S/C26H24N4O4S2/c1-16-6-5-11-29-22(16)27-23(28-9-3-2-4-10-28)18(24(29)31)13-21-25(32)30(26(35)36-21)14-17-7-8-19-20(12-17)34-15-33-19/h5-8,11-13H,2-4,9-10,14-15H2,1H3/b21-13-. The Morgan fingerprint density at radius 3 is 2.75 bits per heavy atom. The molecular formula is C26H24N4O4S2. The van der Waals surface area contributed by atoms with E-state index in [0.717, 1.165) is 43.5 Å². The van der Waals surface area contributed by atoms with Crippen molar-refractivity contribution in [3.63, 3.8) is 0 Å². The zero-order valence-electron chi connectivity index (χ0n) is 19.7. The molecule has 2 fully saturated rings. The average molecular weight is 521 g/mol. The first kappa shape index (κ1) is 23.1. The predicted molar refractivity (Wildman–Crippen MR) is 144 cm³/mol. The number of hydrogen-bond acceptors (Lipinski definition) is 8. The molecule has 5 heterocycles. The second kappa shape index (κ2) is 9.25. The van der Waals surface area contributed by atoms with Crippen LogP contribution in [0.1, 0.15) is 36.0 Å². The first-order valence-electron chi connectivity index (χ1n) is 11.9. The summed E-state index contributed by atoms with van der Waals surface area (Å²) in [5.41, 5.74) is 2.67. The lowest BCUT2D eigenvalue weighted by atomic mass is 10.1. The number of anilines is 1. The smallest absolute Gasteiger partial charge is 0.267 e. The van der Waals surface area contributed by atoms with Crippen LogP contribution in [-0.2, 0) is 11.3 Å². The number of aromatic nitrogens is 2. The van der Waals surface area contributed by atoms with Crippen molar-refractivity contribution in [2.24, 2.45) is 0 Å². The third kappa shape index (κ3) is 4.04. The van der Waals surface area contributed by atoms with Gasteiger partial charge in [0.15, 0.2) is 11.5 Å². The maximum absolute atomic E-state index is 13.7. The van der Waals surface area contributed by atoms with E-state index >= 15 is 0 Å². The molecule has 0 atom stereocenters. The third-order valence-corrected chi connectivity index (χ3v) is 8.02. The highest BCUT2D eigenvalue weighted by Gasteiger charge is 2.33. The number of thioether (sulfide) groups is 1. The molecule has 1 amide bonds. The molecule has 36 heavy (non-hydrogen) atoms. The van der Waals surface area contributed by atoms with Gasteiger partial charge in [0.2, 0.25) is 6.79 Å². The first-order valence-corrected chi connectivity index (χ1v) is 13.1. The normalized spacial score (nSPS) is 18.6. The van der Waals surface area contributed by atoms with Crippen molar-refractivity contribution >= 4 is 51.7 Å². The van der Waals surface area contributed by atoms with E-state index in [9.17, 15) is 9.59 Å². The highest BCUT2D eigenvalue weighted by molar-refractivity contribution is 8.26. The number of carbonyl (C=O) groups is 1. The summed E-state index contributed by atoms with van der Waals surface area (Å²) >= 11 is 6.77. The van der Waals surface area contributed by atoms with Crippen molar-refractivity contribution in [3.05, 3.63) is 68.5 Å². The number of carbonyl (C=O) groups excluding carboxylic acids is 1. The van der Waals surface area contributed by atoms with Crippen LogP contribution in [0.4, 0.5) is 5.82 Å². The summed E-state index contributed by atoms with van der Waals surface area (Å²) in [5, 5.41) is 0. The van der Waals surface area contributed by atoms with Crippen molar-refractivity contribution < 1.29 is 14.3 Å². The van der Waals surface area contributed by atoms with Crippen LogP contribution in [0.2, 0.25) is 0 Å². The third-order valence-electron chi connectivity index (χ3n) is 6.65. The van der Waals surface area contributed by atoms with Gasteiger partial charge in [-0.05, 0) is 61.6 Å². The molecule has 0 saturated carbocycles. The largest absolute Gasteiger partial charge is 0.454 e. The number of thiocarbonyl (C=S) groups is 1. The number of piperidine rings is 1. The molecule has 3 aromatic rings. The van der Waals surface area contributed by atoms with Crippen LogP contribution in [0.3, 0.4) is 0 Å². The molecule has 0 unspecified atom stereocenters. The van der Waals surface area contributed by atoms with Crippen LogP contribution in [-0.4, -0.2) is 44.4 Å². The van der Waals surface area contributed by atoms with Crippen molar-refractivity contribution in [2.75, 3.05) is 24.8 Å². The minimum Gasteiger partial charge on any atom is -0.454 e. The van der Waals surface area contributed by atoms with E-state index in [1.807, 2.05) is 37.3 Å². The van der Waals surface area contributed by atoms with E-state index < -0.39 is 0 Å². The van der Waals surface area contributed by atoms with Crippen molar-refractivity contribution in [2.45, 2.75) is 32.7 Å². The Morgan fingerprint density at radius 2 is 1.92 bits per heavy atom. The second-order valence-electron chi connectivity index (χ2n) is 9.04. The highest BCUT2D eigenvalue weighted by Crippen LogP contribution is 2.37. The number of nitrogens with zero attached hydrogens (tertiary/aromatic N) is 4. The molecule has 3 aliphatic rings. The molecular weight excluding hydrogens is 496 g/mol. The zero-order chi connectivity index (χ0) is 24.8. The molecule has 10 heteroatoms. The lowest BCUT2D eigenvalue weighted by Gasteiger charge is -2.29.